The number of anilines is 1. The first-order valence-corrected chi connectivity index (χ1v) is 5.79. The highest BCUT2D eigenvalue weighted by atomic mass is 16.5. The molecule has 1 aliphatic heterocycles. The number of hydrogen-bond donors (Lipinski definition) is 1. The first kappa shape index (κ1) is 11.3. The molecular weight excluding hydrogens is 204 g/mol. The maximum atomic E-state index is 5.74. The van der Waals surface area contributed by atoms with Crippen molar-refractivity contribution < 1.29 is 4.74 Å². The fraction of sp³-hybridized carbons (Fsp3) is 0.727. The molecule has 1 fully saturated rings. The number of nitrogen functional groups attached to an aromatic ring is 1. The zero-order valence-corrected chi connectivity index (χ0v) is 10.0. The number of aryl methyl sites for hydroxylation is 1. The van der Waals surface area contributed by atoms with Gasteiger partial charge in [-0.15, -0.1) is 5.10 Å². The second-order valence-corrected chi connectivity index (χ2v) is 4.48. The van der Waals surface area contributed by atoms with Gasteiger partial charge in [0.25, 0.3) is 5.88 Å². The van der Waals surface area contributed by atoms with Gasteiger partial charge in [0.2, 0.25) is 0 Å². The number of rotatable bonds is 4. The van der Waals surface area contributed by atoms with Gasteiger partial charge in [-0.3, -0.25) is 4.68 Å². The summed E-state index contributed by atoms with van der Waals surface area (Å²) in [5.41, 5.74) is 6.36. The van der Waals surface area contributed by atoms with Gasteiger partial charge in [0.05, 0.1) is 12.8 Å². The first-order valence-electron chi connectivity index (χ1n) is 5.79. The molecule has 5 nitrogen and oxygen atoms in total. The highest BCUT2D eigenvalue weighted by Gasteiger charge is 2.20. The van der Waals surface area contributed by atoms with Crippen LogP contribution in [-0.2, 0) is 7.05 Å². The van der Waals surface area contributed by atoms with Gasteiger partial charge in [0, 0.05) is 13.1 Å². The Morgan fingerprint density at radius 2 is 2.38 bits per heavy atom. The largest absolute Gasteiger partial charge is 0.475 e. The van der Waals surface area contributed by atoms with Crippen LogP contribution in [0, 0.1) is 0 Å². The van der Waals surface area contributed by atoms with E-state index < -0.39 is 0 Å². The van der Waals surface area contributed by atoms with Gasteiger partial charge in [0.15, 0.2) is 0 Å². The SMILES string of the molecule is CN1CCCC1CCOc1nn(C)cc1N. The third kappa shape index (κ3) is 2.47. The quantitative estimate of drug-likeness (QED) is 0.824. The fourth-order valence-corrected chi connectivity index (χ4v) is 2.23. The molecule has 16 heavy (non-hydrogen) atoms. The van der Waals surface area contributed by atoms with E-state index in [9.17, 15) is 0 Å². The van der Waals surface area contributed by atoms with Gasteiger partial charge in [-0.25, -0.2) is 0 Å². The third-order valence-electron chi connectivity index (χ3n) is 3.18. The van der Waals surface area contributed by atoms with Crippen LogP contribution in [0.25, 0.3) is 0 Å². The van der Waals surface area contributed by atoms with E-state index in [1.54, 1.807) is 10.9 Å². The van der Waals surface area contributed by atoms with Crippen molar-refractivity contribution in [3.8, 4) is 5.88 Å². The van der Waals surface area contributed by atoms with Gasteiger partial charge in [0.1, 0.15) is 5.69 Å². The molecule has 0 radical (unpaired) electrons. The van der Waals surface area contributed by atoms with Crippen molar-refractivity contribution in [2.75, 3.05) is 25.9 Å². The second kappa shape index (κ2) is 4.74. The molecular formula is C11H20N4O. The molecule has 0 aromatic carbocycles. The van der Waals surface area contributed by atoms with Crippen LogP contribution in [0.2, 0.25) is 0 Å². The van der Waals surface area contributed by atoms with Crippen LogP contribution in [0.15, 0.2) is 6.20 Å². The normalized spacial score (nSPS) is 21.5. The van der Waals surface area contributed by atoms with Gasteiger partial charge in [-0.2, -0.15) is 0 Å². The molecule has 0 saturated carbocycles. The fourth-order valence-electron chi connectivity index (χ4n) is 2.23. The Kier molecular flexibility index (Phi) is 3.33. The number of nitrogens with two attached hydrogens (primary N) is 1. The molecule has 0 spiro atoms. The Balaban J connectivity index is 1.77. The molecule has 2 N–H and O–H groups in total. The Morgan fingerprint density at radius 3 is 2.94 bits per heavy atom. The molecule has 0 aliphatic carbocycles. The Bertz CT molecular complexity index is 350. The molecule has 1 aromatic rings. The third-order valence-corrected chi connectivity index (χ3v) is 3.18. The highest BCUT2D eigenvalue weighted by Crippen LogP contribution is 2.20. The molecule has 0 bridgehead atoms. The van der Waals surface area contributed by atoms with Crippen molar-refractivity contribution in [2.24, 2.45) is 7.05 Å². The summed E-state index contributed by atoms with van der Waals surface area (Å²) in [6.45, 7) is 1.90. The van der Waals surface area contributed by atoms with Crippen molar-refractivity contribution in [1.82, 2.24) is 14.7 Å². The number of aromatic nitrogens is 2. The van der Waals surface area contributed by atoms with E-state index in [4.69, 9.17) is 10.5 Å². The standard InChI is InChI=1S/C11H20N4O/c1-14-6-3-4-9(14)5-7-16-11-10(12)8-15(2)13-11/h8-9H,3-7,12H2,1-2H3. The Morgan fingerprint density at radius 1 is 1.56 bits per heavy atom. The summed E-state index contributed by atoms with van der Waals surface area (Å²) < 4.78 is 7.26. The Labute approximate surface area is 96.2 Å². The predicted octanol–water partition coefficient (Wildman–Crippen LogP) is 0.865. The zero-order valence-electron chi connectivity index (χ0n) is 10.0. The van der Waals surface area contributed by atoms with Crippen LogP contribution < -0.4 is 10.5 Å². The molecule has 90 valence electrons. The molecule has 2 rings (SSSR count). The number of likely N-dealkylation sites (tertiary alicyclic amines) is 1. The molecule has 1 atom stereocenters. The smallest absolute Gasteiger partial charge is 0.256 e. The van der Waals surface area contributed by atoms with Crippen LogP contribution in [0.5, 0.6) is 5.88 Å². The molecule has 1 saturated heterocycles. The lowest BCUT2D eigenvalue weighted by molar-refractivity contribution is 0.228. The van der Waals surface area contributed by atoms with Crippen molar-refractivity contribution in [2.45, 2.75) is 25.3 Å². The Hall–Kier alpha value is -1.23. The maximum absolute atomic E-state index is 5.74. The van der Waals surface area contributed by atoms with E-state index in [2.05, 4.69) is 17.0 Å². The number of ether oxygens (including phenoxy) is 1. The van der Waals surface area contributed by atoms with Gasteiger partial charge >= 0.3 is 0 Å². The minimum absolute atomic E-state index is 0.558. The average molecular weight is 224 g/mol. The molecule has 1 aromatic heterocycles. The summed E-state index contributed by atoms with van der Waals surface area (Å²) >= 11 is 0. The molecule has 1 aliphatic rings. The van der Waals surface area contributed by atoms with Crippen LogP contribution >= 0.6 is 0 Å². The van der Waals surface area contributed by atoms with E-state index >= 15 is 0 Å². The summed E-state index contributed by atoms with van der Waals surface area (Å²) in [7, 11) is 4.01. The molecule has 5 heteroatoms. The van der Waals surface area contributed by atoms with E-state index in [1.807, 2.05) is 7.05 Å². The van der Waals surface area contributed by atoms with Crippen molar-refractivity contribution in [1.29, 1.82) is 0 Å². The number of hydrogen-bond acceptors (Lipinski definition) is 4. The van der Waals surface area contributed by atoms with Crippen molar-refractivity contribution >= 4 is 5.69 Å². The van der Waals surface area contributed by atoms with E-state index in [0.717, 1.165) is 6.42 Å². The van der Waals surface area contributed by atoms with Crippen molar-refractivity contribution in [3.05, 3.63) is 6.20 Å². The van der Waals surface area contributed by atoms with Crippen LogP contribution in [0.1, 0.15) is 19.3 Å². The summed E-state index contributed by atoms with van der Waals surface area (Å²) in [6.07, 6.45) is 5.38. The van der Waals surface area contributed by atoms with Crippen LogP contribution in [0.4, 0.5) is 5.69 Å². The van der Waals surface area contributed by atoms with Crippen LogP contribution in [-0.4, -0.2) is 40.9 Å². The number of nitrogens with zero attached hydrogens (tertiary/aromatic N) is 3. The van der Waals surface area contributed by atoms with Crippen LogP contribution in [0.3, 0.4) is 0 Å². The predicted molar refractivity (Wildman–Crippen MR) is 63.4 cm³/mol. The highest BCUT2D eigenvalue weighted by molar-refractivity contribution is 5.45. The topological polar surface area (TPSA) is 56.3 Å². The lowest BCUT2D eigenvalue weighted by Crippen LogP contribution is -2.26. The molecule has 2 heterocycles. The molecule has 1 unspecified atom stereocenters. The van der Waals surface area contributed by atoms with E-state index in [-0.39, 0.29) is 0 Å². The average Bonchev–Trinajstić information content (AvgIpc) is 2.75. The monoisotopic (exact) mass is 224 g/mol. The molecule has 0 amide bonds. The van der Waals surface area contributed by atoms with Gasteiger partial charge < -0.3 is 15.4 Å². The van der Waals surface area contributed by atoms with E-state index in [1.165, 1.54) is 19.4 Å². The summed E-state index contributed by atoms with van der Waals surface area (Å²) in [6, 6.07) is 0.657. The minimum Gasteiger partial charge on any atom is -0.475 e. The van der Waals surface area contributed by atoms with Gasteiger partial charge in [-0.1, -0.05) is 0 Å². The maximum Gasteiger partial charge on any atom is 0.256 e. The summed E-state index contributed by atoms with van der Waals surface area (Å²) in [5.74, 6) is 0.558. The lowest BCUT2D eigenvalue weighted by atomic mass is 10.1. The van der Waals surface area contributed by atoms with E-state index in [0.29, 0.717) is 24.2 Å². The summed E-state index contributed by atoms with van der Waals surface area (Å²) in [4.78, 5) is 2.39. The zero-order chi connectivity index (χ0) is 11.5. The minimum atomic E-state index is 0.558. The lowest BCUT2D eigenvalue weighted by Gasteiger charge is -2.18. The second-order valence-electron chi connectivity index (χ2n) is 4.48. The van der Waals surface area contributed by atoms with Crippen molar-refractivity contribution in [3.63, 3.8) is 0 Å². The van der Waals surface area contributed by atoms with Gasteiger partial charge in [-0.05, 0) is 32.9 Å². The first-order chi connectivity index (χ1) is 7.66. The summed E-state index contributed by atoms with van der Waals surface area (Å²) in [5, 5.41) is 4.15.